The lowest BCUT2D eigenvalue weighted by atomic mass is 10.0. The van der Waals surface area contributed by atoms with Gasteiger partial charge in [0.2, 0.25) is 0 Å². The Bertz CT molecular complexity index is 929. The van der Waals surface area contributed by atoms with Gasteiger partial charge in [-0.2, -0.15) is 0 Å². The highest BCUT2D eigenvalue weighted by molar-refractivity contribution is 7.15. The number of nitrogens with zero attached hydrogens (tertiary/aromatic N) is 1. The minimum absolute atomic E-state index is 0.211. The van der Waals surface area contributed by atoms with Crippen LogP contribution < -0.4 is 10.6 Å². The second-order valence-corrected chi connectivity index (χ2v) is 8.01. The van der Waals surface area contributed by atoms with Crippen LogP contribution in [0.2, 0.25) is 0 Å². The van der Waals surface area contributed by atoms with E-state index in [4.69, 9.17) is 0 Å². The van der Waals surface area contributed by atoms with Crippen LogP contribution in [0.1, 0.15) is 41.5 Å². The van der Waals surface area contributed by atoms with Gasteiger partial charge in [0, 0.05) is 16.1 Å². The number of rotatable bonds is 5. The molecule has 1 heterocycles. The quantitative estimate of drug-likeness (QED) is 0.582. The zero-order chi connectivity index (χ0) is 19.4. The van der Waals surface area contributed by atoms with Crippen LogP contribution in [0.4, 0.5) is 10.5 Å². The predicted octanol–water partition coefficient (Wildman–Crippen LogP) is 5.87. The van der Waals surface area contributed by atoms with E-state index in [1.54, 1.807) is 11.3 Å². The first-order valence-corrected chi connectivity index (χ1v) is 9.93. The lowest BCUT2D eigenvalue weighted by Gasteiger charge is -2.09. The van der Waals surface area contributed by atoms with Gasteiger partial charge in [-0.05, 0) is 43.0 Å². The van der Waals surface area contributed by atoms with Crippen molar-refractivity contribution >= 4 is 23.1 Å². The summed E-state index contributed by atoms with van der Waals surface area (Å²) in [6, 6.07) is 16.0. The zero-order valence-corrected chi connectivity index (χ0v) is 17.0. The molecule has 5 heteroatoms. The van der Waals surface area contributed by atoms with E-state index in [1.165, 1.54) is 11.1 Å². The second-order valence-electron chi connectivity index (χ2n) is 6.93. The number of benzene rings is 2. The van der Waals surface area contributed by atoms with Gasteiger partial charge in [-0.15, -0.1) is 11.3 Å². The molecule has 0 atom stereocenters. The first kappa shape index (κ1) is 19.1. The Hall–Kier alpha value is -2.66. The van der Waals surface area contributed by atoms with Gasteiger partial charge in [0.25, 0.3) is 0 Å². The summed E-state index contributed by atoms with van der Waals surface area (Å²) in [5.74, 6) is 0.477. The maximum absolute atomic E-state index is 12.2. The van der Waals surface area contributed by atoms with Crippen molar-refractivity contribution in [2.75, 3.05) is 5.32 Å². The summed E-state index contributed by atoms with van der Waals surface area (Å²) < 4.78 is 0. The number of hydrogen-bond acceptors (Lipinski definition) is 3. The minimum atomic E-state index is -0.211. The Morgan fingerprint density at radius 1 is 1.07 bits per heavy atom. The third-order valence-corrected chi connectivity index (χ3v) is 5.70. The Kier molecular flexibility index (Phi) is 5.91. The van der Waals surface area contributed by atoms with E-state index in [0.717, 1.165) is 26.8 Å². The van der Waals surface area contributed by atoms with Crippen LogP contribution in [-0.2, 0) is 6.54 Å². The van der Waals surface area contributed by atoms with E-state index in [0.29, 0.717) is 12.5 Å². The van der Waals surface area contributed by atoms with Gasteiger partial charge in [0.15, 0.2) is 0 Å². The van der Waals surface area contributed by atoms with Gasteiger partial charge in [0.1, 0.15) is 5.01 Å². The molecule has 2 N–H and O–H groups in total. The number of nitrogens with one attached hydrogen (secondary N) is 2. The Morgan fingerprint density at radius 3 is 2.44 bits per heavy atom. The molecule has 2 aromatic carbocycles. The topological polar surface area (TPSA) is 54.0 Å². The van der Waals surface area contributed by atoms with Crippen LogP contribution in [0.5, 0.6) is 0 Å². The highest BCUT2D eigenvalue weighted by atomic mass is 32.1. The van der Waals surface area contributed by atoms with Crippen LogP contribution >= 0.6 is 11.3 Å². The van der Waals surface area contributed by atoms with Crippen LogP contribution in [0.15, 0.2) is 48.5 Å². The molecule has 0 fully saturated rings. The lowest BCUT2D eigenvalue weighted by Crippen LogP contribution is -2.28. The zero-order valence-electron chi connectivity index (χ0n) is 16.2. The summed E-state index contributed by atoms with van der Waals surface area (Å²) in [5, 5.41) is 6.80. The van der Waals surface area contributed by atoms with E-state index >= 15 is 0 Å². The molecule has 0 aliphatic carbocycles. The van der Waals surface area contributed by atoms with E-state index in [1.807, 2.05) is 43.3 Å². The van der Waals surface area contributed by atoms with Gasteiger partial charge >= 0.3 is 6.03 Å². The molecular weight excluding hydrogens is 354 g/mol. The molecular formula is C22H25N3OS. The van der Waals surface area contributed by atoms with Crippen LogP contribution in [0, 0.1) is 13.8 Å². The number of anilines is 1. The molecule has 0 radical (unpaired) electrons. The molecule has 3 aromatic rings. The summed E-state index contributed by atoms with van der Waals surface area (Å²) >= 11 is 1.63. The normalized spacial score (nSPS) is 10.9. The summed E-state index contributed by atoms with van der Waals surface area (Å²) in [6.45, 7) is 8.83. The summed E-state index contributed by atoms with van der Waals surface area (Å²) in [5.41, 5.74) is 5.35. The number of carbonyl (C=O) groups excluding carboxylic acids is 1. The third-order valence-electron chi connectivity index (χ3n) is 4.51. The van der Waals surface area contributed by atoms with Gasteiger partial charge in [-0.1, -0.05) is 50.2 Å². The number of carbonyl (C=O) groups is 1. The highest BCUT2D eigenvalue weighted by Gasteiger charge is 2.12. The monoisotopic (exact) mass is 379 g/mol. The third kappa shape index (κ3) is 4.74. The van der Waals surface area contributed by atoms with E-state index in [-0.39, 0.29) is 6.03 Å². The van der Waals surface area contributed by atoms with Gasteiger partial charge in [0.05, 0.1) is 12.2 Å². The molecule has 0 aliphatic rings. The van der Waals surface area contributed by atoms with Crippen molar-refractivity contribution in [2.24, 2.45) is 0 Å². The van der Waals surface area contributed by atoms with E-state index in [9.17, 15) is 4.79 Å². The van der Waals surface area contributed by atoms with Crippen LogP contribution in [0.25, 0.3) is 10.6 Å². The van der Waals surface area contributed by atoms with E-state index in [2.05, 4.69) is 48.5 Å². The number of aryl methyl sites for hydroxylation is 2. The Labute approximate surface area is 164 Å². The molecule has 0 saturated carbocycles. The highest BCUT2D eigenvalue weighted by Crippen LogP contribution is 2.30. The average molecular weight is 380 g/mol. The fourth-order valence-corrected chi connectivity index (χ4v) is 3.90. The van der Waals surface area contributed by atoms with Gasteiger partial charge < -0.3 is 10.6 Å². The standard InChI is InChI=1S/C22H25N3OS/c1-14(2)17-9-11-18(12-10-17)25-22(26)23-13-20-16(4)24-21(27-20)19-8-6-5-7-15(19)3/h5-12,14H,13H2,1-4H3,(H2,23,25,26). The first-order chi connectivity index (χ1) is 12.9. The maximum atomic E-state index is 12.2. The number of aromatic nitrogens is 1. The van der Waals surface area contributed by atoms with Crippen LogP contribution in [-0.4, -0.2) is 11.0 Å². The lowest BCUT2D eigenvalue weighted by molar-refractivity contribution is 0.252. The minimum Gasteiger partial charge on any atom is -0.333 e. The smallest absolute Gasteiger partial charge is 0.319 e. The van der Waals surface area contributed by atoms with Crippen molar-refractivity contribution in [3.8, 4) is 10.6 Å². The fourth-order valence-electron chi connectivity index (χ4n) is 2.81. The Morgan fingerprint density at radius 2 is 1.78 bits per heavy atom. The molecule has 0 bridgehead atoms. The molecule has 2 amide bonds. The molecule has 0 saturated heterocycles. The number of hydrogen-bond donors (Lipinski definition) is 2. The average Bonchev–Trinajstić information content (AvgIpc) is 3.01. The predicted molar refractivity (Wildman–Crippen MR) is 113 cm³/mol. The van der Waals surface area contributed by atoms with Crippen molar-refractivity contribution in [3.63, 3.8) is 0 Å². The molecule has 0 unspecified atom stereocenters. The summed E-state index contributed by atoms with van der Waals surface area (Å²) in [6.07, 6.45) is 0. The Balaban J connectivity index is 1.61. The summed E-state index contributed by atoms with van der Waals surface area (Å²) in [4.78, 5) is 18.0. The molecule has 0 aliphatic heterocycles. The molecule has 0 spiro atoms. The van der Waals surface area contributed by atoms with Crippen LogP contribution in [0.3, 0.4) is 0 Å². The molecule has 27 heavy (non-hydrogen) atoms. The molecule has 3 rings (SSSR count). The number of amides is 2. The first-order valence-electron chi connectivity index (χ1n) is 9.11. The SMILES string of the molecule is Cc1ccccc1-c1nc(C)c(CNC(=O)Nc2ccc(C(C)C)cc2)s1. The summed E-state index contributed by atoms with van der Waals surface area (Å²) in [7, 11) is 0. The largest absolute Gasteiger partial charge is 0.333 e. The van der Waals surface area contributed by atoms with Crippen molar-refractivity contribution in [1.82, 2.24) is 10.3 Å². The van der Waals surface area contributed by atoms with Gasteiger partial charge in [-0.25, -0.2) is 9.78 Å². The van der Waals surface area contributed by atoms with Crippen molar-refractivity contribution in [1.29, 1.82) is 0 Å². The number of urea groups is 1. The molecule has 1 aromatic heterocycles. The molecule has 140 valence electrons. The second kappa shape index (κ2) is 8.35. The van der Waals surface area contributed by atoms with Crippen molar-refractivity contribution in [2.45, 2.75) is 40.2 Å². The van der Waals surface area contributed by atoms with Crippen molar-refractivity contribution < 1.29 is 4.79 Å². The van der Waals surface area contributed by atoms with Gasteiger partial charge in [-0.3, -0.25) is 0 Å². The molecule has 4 nitrogen and oxygen atoms in total. The van der Waals surface area contributed by atoms with E-state index < -0.39 is 0 Å². The fraction of sp³-hybridized carbons (Fsp3) is 0.273. The van der Waals surface area contributed by atoms with Crippen molar-refractivity contribution in [3.05, 3.63) is 70.2 Å². The number of thiazole rings is 1. The maximum Gasteiger partial charge on any atom is 0.319 e.